The molecule has 1 aliphatic rings. The Bertz CT molecular complexity index is 104. The summed E-state index contributed by atoms with van der Waals surface area (Å²) in [4.78, 5) is 2.28. The van der Waals surface area contributed by atoms with Crippen LogP contribution >= 0.6 is 0 Å². The Kier molecular flexibility index (Phi) is 4.00. The molecule has 1 fully saturated rings. The summed E-state index contributed by atoms with van der Waals surface area (Å²) >= 11 is 0. The van der Waals surface area contributed by atoms with Crippen molar-refractivity contribution in [1.29, 1.82) is 0 Å². The predicted molar refractivity (Wildman–Crippen MR) is 52.5 cm³/mol. The topological polar surface area (TPSA) is 30.5 Å². The van der Waals surface area contributed by atoms with Crippen LogP contribution in [0.25, 0.3) is 0 Å². The summed E-state index contributed by atoms with van der Waals surface area (Å²) in [6, 6.07) is 0. The average Bonchev–Trinajstić information content (AvgIpc) is 2.09. The van der Waals surface area contributed by atoms with Gasteiger partial charge in [-0.2, -0.15) is 0 Å². The summed E-state index contributed by atoms with van der Waals surface area (Å²) in [6.45, 7) is 6.52. The number of hydrogen-bond donors (Lipinski definition) is 2. The summed E-state index contributed by atoms with van der Waals surface area (Å²) in [5.41, 5.74) is 0. The van der Waals surface area contributed by atoms with E-state index < -0.39 is 0 Å². The first-order chi connectivity index (χ1) is 5.38. The van der Waals surface area contributed by atoms with E-state index in [2.05, 4.69) is 34.0 Å². The number of nitrogens with one attached hydrogen (secondary N) is 2. The zero-order valence-electron chi connectivity index (χ0n) is 7.43. The lowest BCUT2D eigenvalue weighted by atomic mass is 9.83. The van der Waals surface area contributed by atoms with Crippen molar-refractivity contribution in [1.82, 2.24) is 20.1 Å². The molecular formula is C4H15B3N4. The van der Waals surface area contributed by atoms with Crippen molar-refractivity contribution >= 4 is 22.6 Å². The lowest BCUT2D eigenvalue weighted by Gasteiger charge is -2.35. The molecule has 7 heteroatoms. The van der Waals surface area contributed by atoms with Gasteiger partial charge in [-0.05, 0) is 0 Å². The fourth-order valence-corrected chi connectivity index (χ4v) is 1.34. The van der Waals surface area contributed by atoms with E-state index in [0.717, 1.165) is 35.7 Å². The van der Waals surface area contributed by atoms with E-state index in [-0.39, 0.29) is 0 Å². The molecule has 0 saturated carbocycles. The number of hydrazine groups is 1. The fourth-order valence-electron chi connectivity index (χ4n) is 1.34. The van der Waals surface area contributed by atoms with Gasteiger partial charge in [0.05, 0.1) is 0 Å². The molecule has 1 aliphatic heterocycles. The van der Waals surface area contributed by atoms with Gasteiger partial charge in [-0.3, -0.25) is 9.84 Å². The Balaban J connectivity index is 2.30. The second-order valence-electron chi connectivity index (χ2n) is 2.64. The Morgan fingerprint density at radius 3 is 2.18 bits per heavy atom. The molecule has 0 aromatic heterocycles. The quantitative estimate of drug-likeness (QED) is 0.438. The summed E-state index contributed by atoms with van der Waals surface area (Å²) in [6.07, 6.45) is 0. The van der Waals surface area contributed by atoms with Gasteiger partial charge >= 0.3 is 0 Å². The van der Waals surface area contributed by atoms with Crippen LogP contribution in [0.5, 0.6) is 0 Å². The molecule has 0 aromatic carbocycles. The smallest absolute Gasteiger partial charge is 0.282 e. The van der Waals surface area contributed by atoms with Gasteiger partial charge < -0.3 is 10.3 Å². The van der Waals surface area contributed by atoms with E-state index in [1.807, 2.05) is 0 Å². The third-order valence-corrected chi connectivity index (χ3v) is 1.97. The summed E-state index contributed by atoms with van der Waals surface area (Å²) < 4.78 is 0. The van der Waals surface area contributed by atoms with Crippen LogP contribution in [0.4, 0.5) is 0 Å². The molecule has 0 unspecified atom stereocenters. The maximum Gasteiger partial charge on any atom is 0.282 e. The largest absolute Gasteiger partial charge is 0.377 e. The maximum atomic E-state index is 3.26. The summed E-state index contributed by atoms with van der Waals surface area (Å²) in [5, 5.41) is 8.83. The Morgan fingerprint density at radius 2 is 1.73 bits per heavy atom. The first-order valence-corrected chi connectivity index (χ1v) is 4.29. The lowest BCUT2D eigenvalue weighted by Crippen LogP contribution is -2.63. The van der Waals surface area contributed by atoms with E-state index in [1.165, 1.54) is 0 Å². The van der Waals surface area contributed by atoms with Crippen LogP contribution in [0.3, 0.4) is 0 Å². The molecule has 1 saturated heterocycles. The van der Waals surface area contributed by atoms with Crippen LogP contribution in [0.2, 0.25) is 0 Å². The minimum absolute atomic E-state index is 0.928. The van der Waals surface area contributed by atoms with E-state index in [0.29, 0.717) is 0 Å². The second kappa shape index (κ2) is 4.82. The normalized spacial score (nSPS) is 18.8. The van der Waals surface area contributed by atoms with Crippen molar-refractivity contribution in [2.45, 2.75) is 13.8 Å². The number of hydrogen-bond acceptors (Lipinski definition) is 4. The van der Waals surface area contributed by atoms with Crippen LogP contribution in [0, 0.1) is 0 Å². The third-order valence-electron chi connectivity index (χ3n) is 1.97. The van der Waals surface area contributed by atoms with Crippen LogP contribution in [-0.2, 0) is 0 Å². The van der Waals surface area contributed by atoms with Crippen LogP contribution in [-0.4, -0.2) is 45.6 Å². The highest BCUT2D eigenvalue weighted by atomic mass is 15.6. The van der Waals surface area contributed by atoms with E-state index in [1.54, 1.807) is 0 Å². The van der Waals surface area contributed by atoms with Gasteiger partial charge in [-0.15, -0.1) is 0 Å². The monoisotopic (exact) mass is 152 g/mol. The molecule has 1 rings (SSSR count). The lowest BCUT2D eigenvalue weighted by molar-refractivity contribution is 0.149. The second-order valence-corrected chi connectivity index (χ2v) is 2.64. The van der Waals surface area contributed by atoms with Gasteiger partial charge in [0.15, 0.2) is 0 Å². The minimum atomic E-state index is 0.928. The molecule has 0 aromatic rings. The third kappa shape index (κ3) is 2.52. The molecule has 2 N–H and O–H groups in total. The van der Waals surface area contributed by atoms with Crippen molar-refractivity contribution in [3.63, 3.8) is 0 Å². The Labute approximate surface area is 70.5 Å². The molecule has 4 nitrogen and oxygen atoms in total. The molecule has 0 amide bonds. The number of nitrogens with zero attached hydrogens (tertiary/aromatic N) is 2. The van der Waals surface area contributed by atoms with Crippen LogP contribution in [0.15, 0.2) is 0 Å². The van der Waals surface area contributed by atoms with Crippen molar-refractivity contribution in [3.8, 4) is 0 Å². The molecule has 0 bridgehead atoms. The van der Waals surface area contributed by atoms with Gasteiger partial charge in [-0.25, -0.2) is 0 Å². The van der Waals surface area contributed by atoms with Gasteiger partial charge in [0.25, 0.3) is 22.6 Å². The highest BCUT2D eigenvalue weighted by Gasteiger charge is 2.17. The highest BCUT2D eigenvalue weighted by Crippen LogP contribution is 1.92. The average molecular weight is 152 g/mol. The number of rotatable bonds is 3. The minimum Gasteiger partial charge on any atom is -0.377 e. The van der Waals surface area contributed by atoms with Gasteiger partial charge in [0, 0.05) is 13.1 Å². The molecule has 60 valence electrons. The first kappa shape index (κ1) is 9.13. The van der Waals surface area contributed by atoms with Crippen molar-refractivity contribution in [2.75, 3.05) is 13.1 Å². The molecule has 11 heavy (non-hydrogen) atoms. The summed E-state index contributed by atoms with van der Waals surface area (Å²) in [7, 11) is 2.86. The van der Waals surface area contributed by atoms with E-state index >= 15 is 0 Å². The van der Waals surface area contributed by atoms with Gasteiger partial charge in [-0.1, -0.05) is 13.8 Å². The fraction of sp³-hybridized carbons (Fsp3) is 1.00. The molecule has 0 radical (unpaired) electrons. The van der Waals surface area contributed by atoms with E-state index in [4.69, 9.17) is 0 Å². The standard InChI is InChI=1S/C4H15B3N4/c1-3-10(4-2)11-6-8-5-9-7-11/h5-9H,3-4H2,1-2H3. The molecule has 0 atom stereocenters. The zero-order chi connectivity index (χ0) is 8.10. The Hall–Kier alpha value is 0.0348. The van der Waals surface area contributed by atoms with E-state index in [9.17, 15) is 0 Å². The molecule has 1 heterocycles. The summed E-state index contributed by atoms with van der Waals surface area (Å²) in [5.74, 6) is 0. The highest BCUT2D eigenvalue weighted by molar-refractivity contribution is 6.65. The molecule has 0 aliphatic carbocycles. The maximum absolute atomic E-state index is 3.26. The van der Waals surface area contributed by atoms with Crippen LogP contribution in [0.1, 0.15) is 13.8 Å². The molecular weight excluding hydrogens is 137 g/mol. The van der Waals surface area contributed by atoms with Crippen molar-refractivity contribution in [2.24, 2.45) is 0 Å². The molecule has 0 spiro atoms. The van der Waals surface area contributed by atoms with Gasteiger partial charge in [0.2, 0.25) is 0 Å². The first-order valence-electron chi connectivity index (χ1n) is 4.29. The van der Waals surface area contributed by atoms with Crippen LogP contribution < -0.4 is 10.3 Å². The van der Waals surface area contributed by atoms with Gasteiger partial charge in [0.1, 0.15) is 0 Å². The SMILES string of the molecule is CCN(CC)N1BNBNB1. The van der Waals surface area contributed by atoms with Crippen molar-refractivity contribution in [3.05, 3.63) is 0 Å². The van der Waals surface area contributed by atoms with Crippen molar-refractivity contribution < 1.29 is 0 Å². The Morgan fingerprint density at radius 1 is 1.18 bits per heavy atom. The predicted octanol–water partition coefficient (Wildman–Crippen LogP) is -2.46. The zero-order valence-corrected chi connectivity index (χ0v) is 7.43.